The van der Waals surface area contributed by atoms with E-state index in [-0.39, 0.29) is 0 Å². The third-order valence-corrected chi connectivity index (χ3v) is 12.5. The zero-order valence-corrected chi connectivity index (χ0v) is 32.5. The van der Waals surface area contributed by atoms with Crippen LogP contribution >= 0.6 is 0 Å². The summed E-state index contributed by atoms with van der Waals surface area (Å²) in [5.41, 5.74) is 12.5. The number of allylic oxidation sites excluding steroid dienone is 2. The number of benzene rings is 10. The number of hydrogen-bond donors (Lipinski definition) is 0. The molecule has 12 aromatic rings. The number of para-hydroxylation sites is 1. The van der Waals surface area contributed by atoms with Crippen molar-refractivity contribution in [3.63, 3.8) is 0 Å². The van der Waals surface area contributed by atoms with Crippen LogP contribution in [0, 0.1) is 6.92 Å². The van der Waals surface area contributed by atoms with Gasteiger partial charge in [0, 0.05) is 26.9 Å². The molecule has 0 saturated carbocycles. The van der Waals surface area contributed by atoms with E-state index in [0.717, 1.165) is 33.1 Å². The van der Waals surface area contributed by atoms with Crippen LogP contribution in [0.25, 0.3) is 121 Å². The van der Waals surface area contributed by atoms with Gasteiger partial charge in [0.15, 0.2) is 0 Å². The predicted octanol–water partition coefficient (Wildman–Crippen LogP) is 16.1. The number of aromatic nitrogens is 1. The fourth-order valence-electron chi connectivity index (χ4n) is 9.57. The Bertz CT molecular complexity index is 3760. The van der Waals surface area contributed by atoms with Crippen molar-refractivity contribution in [3.8, 4) is 27.9 Å². The molecule has 0 aliphatic carbocycles. The molecule has 2 heteroatoms. The molecule has 0 bridgehead atoms. The highest BCUT2D eigenvalue weighted by Crippen LogP contribution is 2.43. The molecular formula is C57H37NO. The first-order valence-corrected chi connectivity index (χ1v) is 20.3. The van der Waals surface area contributed by atoms with E-state index in [1.807, 2.05) is 12.2 Å². The maximum absolute atomic E-state index is 6.40. The van der Waals surface area contributed by atoms with Gasteiger partial charge < -0.3 is 8.98 Å². The first-order valence-electron chi connectivity index (χ1n) is 20.3. The SMILES string of the molecule is C=C/C=C\c1cc(-c2ccc3oc4ccc(-c5ccc6c(c5)c5ccccc5c5cc7c8ccccc8n(-c8cccc9ccccc89)c7cc65)cc4c3c2)ccc1C. The molecule has 10 aromatic carbocycles. The molecule has 12 rings (SSSR count). The Morgan fingerprint density at radius 1 is 0.424 bits per heavy atom. The number of furan rings is 1. The lowest BCUT2D eigenvalue weighted by Gasteiger charge is -2.14. The second kappa shape index (κ2) is 12.9. The maximum Gasteiger partial charge on any atom is 0.135 e. The largest absolute Gasteiger partial charge is 0.456 e. The molecule has 0 saturated heterocycles. The molecule has 0 amide bonds. The summed E-state index contributed by atoms with van der Waals surface area (Å²) < 4.78 is 8.87. The van der Waals surface area contributed by atoms with E-state index in [1.54, 1.807) is 0 Å². The van der Waals surface area contributed by atoms with E-state index in [0.29, 0.717) is 0 Å². The zero-order valence-electron chi connectivity index (χ0n) is 32.5. The van der Waals surface area contributed by atoms with E-state index in [2.05, 4.69) is 200 Å². The summed E-state index contributed by atoms with van der Waals surface area (Å²) in [4.78, 5) is 0. The molecule has 0 radical (unpaired) electrons. The first-order chi connectivity index (χ1) is 29.1. The Morgan fingerprint density at radius 2 is 0.983 bits per heavy atom. The fourth-order valence-corrected chi connectivity index (χ4v) is 9.57. The van der Waals surface area contributed by atoms with Crippen LogP contribution in [-0.4, -0.2) is 4.57 Å². The van der Waals surface area contributed by atoms with E-state index >= 15 is 0 Å². The third kappa shape index (κ3) is 5.13. The molecule has 276 valence electrons. The van der Waals surface area contributed by atoms with Gasteiger partial charge in [-0.25, -0.2) is 0 Å². The van der Waals surface area contributed by atoms with Gasteiger partial charge >= 0.3 is 0 Å². The Morgan fingerprint density at radius 3 is 1.73 bits per heavy atom. The summed E-state index contributed by atoms with van der Waals surface area (Å²) in [5.74, 6) is 0. The smallest absolute Gasteiger partial charge is 0.135 e. The van der Waals surface area contributed by atoms with Crippen molar-refractivity contribution in [2.75, 3.05) is 0 Å². The standard InChI is InChI=1S/C57H37NO/c1-3-4-12-37-29-38(22-21-35(37)2)40-24-27-56-51(31-40)52-32-41(25-28-57(52)59-56)39-23-26-45-47(30-39)43-16-7-8-17-44(43)48-33-50-46-18-9-10-19-54(46)58(55(50)34-49(45)48)53-20-11-14-36-13-5-6-15-42(36)53/h3-34H,1H2,2H3/b12-4-. The molecule has 0 aliphatic heterocycles. The van der Waals surface area contributed by atoms with Gasteiger partial charge in [0.25, 0.3) is 0 Å². The van der Waals surface area contributed by atoms with E-state index in [9.17, 15) is 0 Å². The van der Waals surface area contributed by atoms with Gasteiger partial charge in [0.05, 0.1) is 16.7 Å². The molecule has 2 nitrogen and oxygen atoms in total. The molecule has 0 atom stereocenters. The molecule has 59 heavy (non-hydrogen) atoms. The van der Waals surface area contributed by atoms with Gasteiger partial charge in [-0.1, -0.05) is 140 Å². The second-order valence-electron chi connectivity index (χ2n) is 15.8. The van der Waals surface area contributed by atoms with Gasteiger partial charge in [-0.15, -0.1) is 0 Å². The van der Waals surface area contributed by atoms with Gasteiger partial charge in [-0.2, -0.15) is 0 Å². The fraction of sp³-hybridized carbons (Fsp3) is 0.0175. The van der Waals surface area contributed by atoms with Crippen molar-refractivity contribution in [2.45, 2.75) is 6.92 Å². The number of fused-ring (bicyclic) bond motifs is 13. The van der Waals surface area contributed by atoms with Crippen molar-refractivity contribution >= 4 is 92.9 Å². The van der Waals surface area contributed by atoms with Crippen LogP contribution < -0.4 is 0 Å². The number of rotatable bonds is 5. The summed E-state index contributed by atoms with van der Waals surface area (Å²) >= 11 is 0. The van der Waals surface area contributed by atoms with E-state index in [1.165, 1.54) is 92.8 Å². The van der Waals surface area contributed by atoms with Crippen LogP contribution in [-0.2, 0) is 0 Å². The van der Waals surface area contributed by atoms with Crippen LogP contribution in [0.1, 0.15) is 11.1 Å². The van der Waals surface area contributed by atoms with Crippen molar-refractivity contribution in [3.05, 3.63) is 206 Å². The van der Waals surface area contributed by atoms with E-state index < -0.39 is 0 Å². The summed E-state index contributed by atoms with van der Waals surface area (Å²) in [6, 6.07) is 64.8. The quantitative estimate of drug-likeness (QED) is 0.126. The summed E-state index contributed by atoms with van der Waals surface area (Å²) in [6.45, 7) is 5.99. The molecule has 2 heterocycles. The topological polar surface area (TPSA) is 18.1 Å². The van der Waals surface area contributed by atoms with Gasteiger partial charge in [0.1, 0.15) is 11.2 Å². The summed E-state index contributed by atoms with van der Waals surface area (Å²) in [7, 11) is 0. The summed E-state index contributed by atoms with van der Waals surface area (Å²) in [6.07, 6.45) is 5.93. The van der Waals surface area contributed by atoms with Crippen LogP contribution in [0.3, 0.4) is 0 Å². The van der Waals surface area contributed by atoms with Crippen molar-refractivity contribution < 1.29 is 4.42 Å². The third-order valence-electron chi connectivity index (χ3n) is 12.5. The molecular weight excluding hydrogens is 715 g/mol. The number of nitrogens with zero attached hydrogens (tertiary/aromatic N) is 1. The highest BCUT2D eigenvalue weighted by Gasteiger charge is 2.18. The van der Waals surface area contributed by atoms with Crippen LogP contribution in [0.4, 0.5) is 0 Å². The minimum absolute atomic E-state index is 0.891. The lowest BCUT2D eigenvalue weighted by atomic mass is 9.91. The van der Waals surface area contributed by atoms with Crippen LogP contribution in [0.15, 0.2) is 199 Å². The van der Waals surface area contributed by atoms with E-state index in [4.69, 9.17) is 4.42 Å². The molecule has 2 aromatic heterocycles. The van der Waals surface area contributed by atoms with Crippen molar-refractivity contribution in [1.29, 1.82) is 0 Å². The van der Waals surface area contributed by atoms with Gasteiger partial charge in [-0.05, 0) is 139 Å². The summed E-state index contributed by atoms with van der Waals surface area (Å²) in [5, 5.41) is 14.8. The van der Waals surface area contributed by atoms with Gasteiger partial charge in [-0.3, -0.25) is 0 Å². The molecule has 0 aliphatic rings. The molecule has 0 spiro atoms. The minimum atomic E-state index is 0.891. The van der Waals surface area contributed by atoms with Crippen LogP contribution in [0.5, 0.6) is 0 Å². The maximum atomic E-state index is 6.40. The Kier molecular flexibility index (Phi) is 7.33. The lowest BCUT2D eigenvalue weighted by Crippen LogP contribution is -1.95. The Balaban J connectivity index is 1.06. The number of aryl methyl sites for hydroxylation is 1. The predicted molar refractivity (Wildman–Crippen MR) is 253 cm³/mol. The van der Waals surface area contributed by atoms with Crippen LogP contribution in [0.2, 0.25) is 0 Å². The van der Waals surface area contributed by atoms with Gasteiger partial charge in [0.2, 0.25) is 0 Å². The average Bonchev–Trinajstić information content (AvgIpc) is 3.82. The number of hydrogen-bond acceptors (Lipinski definition) is 1. The highest BCUT2D eigenvalue weighted by molar-refractivity contribution is 6.29. The monoisotopic (exact) mass is 751 g/mol. The highest BCUT2D eigenvalue weighted by atomic mass is 16.3. The van der Waals surface area contributed by atoms with Crippen molar-refractivity contribution in [2.24, 2.45) is 0 Å². The minimum Gasteiger partial charge on any atom is -0.456 e. The second-order valence-corrected chi connectivity index (χ2v) is 15.8. The first kappa shape index (κ1) is 33.5. The lowest BCUT2D eigenvalue weighted by molar-refractivity contribution is 0.669. The Labute approximate surface area is 341 Å². The normalized spacial score (nSPS) is 12.2. The van der Waals surface area contributed by atoms with Crippen molar-refractivity contribution in [1.82, 2.24) is 4.57 Å². The Hall–Kier alpha value is -7.68. The average molecular weight is 752 g/mol. The molecule has 0 N–H and O–H groups in total. The molecule has 0 fully saturated rings. The molecule has 0 unspecified atom stereocenters. The zero-order chi connectivity index (χ0) is 39.2.